The number of benzene rings is 5. The van der Waals surface area contributed by atoms with E-state index in [2.05, 4.69) is 48.4 Å². The van der Waals surface area contributed by atoms with Gasteiger partial charge in [-0.25, -0.2) is 16.8 Å². The zero-order valence-corrected chi connectivity index (χ0v) is 29.8. The van der Waals surface area contributed by atoms with E-state index < -0.39 is 32.1 Å². The maximum Gasteiger partial charge on any atom is 2.00 e. The normalized spacial score (nSPS) is 12.6. The average molecular weight is 740 g/mol. The summed E-state index contributed by atoms with van der Waals surface area (Å²) in [7, 11) is -8.27. The van der Waals surface area contributed by atoms with Gasteiger partial charge in [-0.2, -0.15) is 0 Å². The number of hydrogen-bond donors (Lipinski definition) is 0. The summed E-state index contributed by atoms with van der Waals surface area (Å²) >= 11 is 0. The Balaban J connectivity index is 0.000000497. The minimum atomic E-state index is -4.13. The second-order valence-electron chi connectivity index (χ2n) is 11.2. The van der Waals surface area contributed by atoms with Crippen LogP contribution in [0.2, 0.25) is 0 Å². The van der Waals surface area contributed by atoms with Gasteiger partial charge in [0.15, 0.2) is 0 Å². The molecule has 9 heteroatoms. The van der Waals surface area contributed by atoms with Gasteiger partial charge in [-0.05, 0) is 58.9 Å². The molecule has 0 aliphatic carbocycles. The first-order valence-corrected chi connectivity index (χ1v) is 17.4. The summed E-state index contributed by atoms with van der Waals surface area (Å²) < 4.78 is 62.0. The molecular weight excluding hydrogens is 702 g/mol. The molecule has 5 rings (SSSR count). The summed E-state index contributed by atoms with van der Waals surface area (Å²) in [5.74, 6) is 0. The maximum absolute atomic E-state index is 13.4. The van der Waals surface area contributed by atoms with Crippen molar-refractivity contribution < 1.29 is 36.3 Å². The van der Waals surface area contributed by atoms with Crippen molar-refractivity contribution in [3.8, 4) is 0 Å². The summed E-state index contributed by atoms with van der Waals surface area (Å²) in [5, 5.41) is 0. The molecule has 5 aromatic rings. The molecule has 0 N–H and O–H groups in total. The van der Waals surface area contributed by atoms with Gasteiger partial charge in [-0.3, -0.25) is 0 Å². The van der Waals surface area contributed by atoms with Crippen LogP contribution in [0.15, 0.2) is 137 Å². The van der Waals surface area contributed by atoms with E-state index in [0.717, 1.165) is 11.1 Å². The number of rotatable bonds is 9. The smallest absolute Gasteiger partial charge is 0.539 e. The maximum atomic E-state index is 13.4. The third-order valence-electron chi connectivity index (χ3n) is 7.09. The van der Waals surface area contributed by atoms with Crippen LogP contribution >= 0.6 is 0 Å². The first-order valence-electron chi connectivity index (χ1n) is 14.6. The number of nitrogens with zero attached hydrogens (tertiary/aromatic N) is 2. The van der Waals surface area contributed by atoms with E-state index >= 15 is 0 Å². The Morgan fingerprint density at radius 2 is 0.696 bits per heavy atom. The fraction of sp³-hybridized carbons (Fsp3) is 0.189. The van der Waals surface area contributed by atoms with Gasteiger partial charge < -0.3 is 9.44 Å². The third-order valence-corrected chi connectivity index (χ3v) is 9.83. The van der Waals surface area contributed by atoms with Crippen LogP contribution < -0.4 is 0 Å². The van der Waals surface area contributed by atoms with Crippen molar-refractivity contribution >= 4 is 20.0 Å². The van der Waals surface area contributed by atoms with Crippen LogP contribution in [0.5, 0.6) is 0 Å². The average Bonchev–Trinajstić information content (AvgIpc) is 3.00. The van der Waals surface area contributed by atoms with Crippen LogP contribution in [-0.4, -0.2) is 16.8 Å². The van der Waals surface area contributed by atoms with Gasteiger partial charge in [0.2, 0.25) is 0 Å². The Morgan fingerprint density at radius 1 is 0.413 bits per heavy atom. The van der Waals surface area contributed by atoms with Crippen LogP contribution in [0.3, 0.4) is 0 Å². The molecule has 46 heavy (non-hydrogen) atoms. The van der Waals surface area contributed by atoms with E-state index in [1.165, 1.54) is 41.0 Å². The Hall–Kier alpha value is -3.46. The van der Waals surface area contributed by atoms with Crippen molar-refractivity contribution in [2.75, 3.05) is 0 Å². The van der Waals surface area contributed by atoms with E-state index in [-0.39, 0.29) is 29.3 Å². The third kappa shape index (κ3) is 10.3. The molecule has 0 amide bonds. The van der Waals surface area contributed by atoms with E-state index in [9.17, 15) is 16.8 Å². The Bertz CT molecular complexity index is 1750. The predicted octanol–water partition coefficient (Wildman–Crippen LogP) is 9.22. The predicted molar refractivity (Wildman–Crippen MR) is 182 cm³/mol. The first kappa shape index (κ1) is 37.0. The molecule has 0 bridgehead atoms. The van der Waals surface area contributed by atoms with Gasteiger partial charge in [0.1, 0.15) is 20.0 Å². The molecule has 6 nitrogen and oxygen atoms in total. The Kier molecular flexibility index (Phi) is 13.2. The molecule has 0 aliphatic heterocycles. The van der Waals surface area contributed by atoms with E-state index in [4.69, 9.17) is 0 Å². The Labute approximate surface area is 287 Å². The summed E-state index contributed by atoms with van der Waals surface area (Å²) in [5.41, 5.74) is 6.95. The quantitative estimate of drug-likeness (QED) is 0.141. The van der Waals surface area contributed by atoms with Gasteiger partial charge in [-0.1, -0.05) is 142 Å². The van der Waals surface area contributed by atoms with Gasteiger partial charge in [0.05, 0.1) is 0 Å². The van der Waals surface area contributed by atoms with Crippen molar-refractivity contribution in [1.29, 1.82) is 0 Å². The minimum Gasteiger partial charge on any atom is -0.539 e. The topological polar surface area (TPSA) is 96.5 Å². The fourth-order valence-corrected chi connectivity index (χ4v) is 7.22. The summed E-state index contributed by atoms with van der Waals surface area (Å²) in [4.78, 5) is 0.0597. The molecule has 0 unspecified atom stereocenters. The molecule has 0 aromatic heterocycles. The molecule has 0 saturated carbocycles. The van der Waals surface area contributed by atoms with Gasteiger partial charge >= 0.3 is 19.5 Å². The minimum absolute atomic E-state index is 0. The molecule has 240 valence electrons. The van der Waals surface area contributed by atoms with E-state index in [1.807, 2.05) is 13.8 Å². The largest absolute Gasteiger partial charge is 2.00 e. The van der Waals surface area contributed by atoms with E-state index in [1.54, 1.807) is 84.9 Å². The fourth-order valence-electron chi connectivity index (χ4n) is 4.95. The zero-order valence-electron chi connectivity index (χ0n) is 26.5. The number of hydrogen-bond acceptors (Lipinski definition) is 4. The number of sulfonamides is 2. The summed E-state index contributed by atoms with van der Waals surface area (Å²) in [6.07, 6.45) is 0. The summed E-state index contributed by atoms with van der Waals surface area (Å²) in [6, 6.07) is 34.6. The molecule has 0 heterocycles. The van der Waals surface area contributed by atoms with Crippen molar-refractivity contribution in [2.24, 2.45) is 0 Å². The monoisotopic (exact) mass is 740 g/mol. The molecule has 0 spiro atoms. The molecule has 2 atom stereocenters. The molecule has 0 radical (unpaired) electrons. The van der Waals surface area contributed by atoms with Gasteiger partial charge in [0.25, 0.3) is 0 Å². The van der Waals surface area contributed by atoms with Crippen LogP contribution in [0.4, 0.5) is 0 Å². The van der Waals surface area contributed by atoms with Crippen LogP contribution in [0.25, 0.3) is 9.44 Å². The summed E-state index contributed by atoms with van der Waals surface area (Å²) in [6.45, 7) is 10.1. The molecule has 0 saturated heterocycles. The second kappa shape index (κ2) is 16.4. The molecule has 5 aromatic carbocycles. The Morgan fingerprint density at radius 3 is 0.978 bits per heavy atom. The zero-order chi connectivity index (χ0) is 32.6. The first-order chi connectivity index (χ1) is 21.3. The molecular formula is C37H38N2O4RuS2. The van der Waals surface area contributed by atoms with Crippen LogP contribution in [0.1, 0.15) is 51.0 Å². The van der Waals surface area contributed by atoms with Crippen molar-refractivity contribution in [2.45, 2.75) is 56.5 Å². The van der Waals surface area contributed by atoms with Gasteiger partial charge in [0, 0.05) is 9.79 Å². The molecule has 0 fully saturated rings. The second-order valence-corrected chi connectivity index (χ2v) is 14.4. The van der Waals surface area contributed by atoms with Crippen LogP contribution in [0, 0.1) is 34.6 Å². The van der Waals surface area contributed by atoms with Crippen molar-refractivity contribution in [3.63, 3.8) is 0 Å². The SMILES string of the molecule is Cc1cc(C)cc(C)c1.Cc1ccc(S(=O)(=O)[N-][C@@H](c2ccccc2)[C@@H]([N-]S(=O)(=O)c2ccc(C)cc2)c2ccccc2)cc1.[Ru+2]. The van der Waals surface area contributed by atoms with Gasteiger partial charge in [-0.15, -0.1) is 12.1 Å². The van der Waals surface area contributed by atoms with Crippen molar-refractivity contribution in [3.05, 3.63) is 176 Å². The van der Waals surface area contributed by atoms with E-state index in [0.29, 0.717) is 11.1 Å². The van der Waals surface area contributed by atoms with Crippen molar-refractivity contribution in [1.82, 2.24) is 0 Å². The molecule has 0 aliphatic rings. The van der Waals surface area contributed by atoms with Crippen LogP contribution in [-0.2, 0) is 39.5 Å². The standard InChI is InChI=1S/C28H26N2O4S2.C9H12.Ru/c1-21-13-17-25(18-14-21)35(31,32)29-27(23-9-5-3-6-10-23)28(24-11-7-4-8-12-24)30-36(33,34)26-19-15-22(2)16-20-26;1-7-4-8(2)6-9(3)5-7;/h3-20,27-28H,1-2H3;4-6H,1-3H3;/q-2;;+2/t27-,28-;;/m0../s1. The number of aryl methyl sites for hydroxylation is 5.